The third-order valence-corrected chi connectivity index (χ3v) is 3.00. The summed E-state index contributed by atoms with van der Waals surface area (Å²) in [6, 6.07) is 6.42. The van der Waals surface area contributed by atoms with Crippen LogP contribution in [0.15, 0.2) is 30.5 Å². The van der Waals surface area contributed by atoms with E-state index in [1.54, 1.807) is 18.3 Å². The van der Waals surface area contributed by atoms with E-state index in [4.69, 9.17) is 5.73 Å². The Morgan fingerprint density at radius 2 is 2.05 bits per heavy atom. The standard InChI is InChI=1S/C13H16N4O2/c1-2-3-8-16-12(9-15-13(16)14)10-4-6-11(7-5-10)17(18)19/h4-7,9H,2-3,8H2,1H3,(H2,14,15). The van der Waals surface area contributed by atoms with Gasteiger partial charge in [0, 0.05) is 24.2 Å². The molecule has 0 fully saturated rings. The highest BCUT2D eigenvalue weighted by molar-refractivity contribution is 5.62. The first-order valence-corrected chi connectivity index (χ1v) is 6.19. The zero-order chi connectivity index (χ0) is 13.8. The van der Waals surface area contributed by atoms with E-state index in [2.05, 4.69) is 11.9 Å². The highest BCUT2D eigenvalue weighted by atomic mass is 16.6. The van der Waals surface area contributed by atoms with Gasteiger partial charge in [0.05, 0.1) is 16.8 Å². The van der Waals surface area contributed by atoms with Gasteiger partial charge in [-0.1, -0.05) is 13.3 Å². The van der Waals surface area contributed by atoms with E-state index in [1.165, 1.54) is 12.1 Å². The maximum atomic E-state index is 10.6. The minimum atomic E-state index is -0.410. The van der Waals surface area contributed by atoms with Crippen molar-refractivity contribution in [1.29, 1.82) is 0 Å². The van der Waals surface area contributed by atoms with Gasteiger partial charge in [0.2, 0.25) is 5.95 Å². The van der Waals surface area contributed by atoms with Crippen LogP contribution in [-0.2, 0) is 6.54 Å². The molecule has 0 aliphatic carbocycles. The Hall–Kier alpha value is -2.37. The van der Waals surface area contributed by atoms with Crippen LogP contribution < -0.4 is 5.73 Å². The van der Waals surface area contributed by atoms with Crippen LogP contribution in [0.2, 0.25) is 0 Å². The summed E-state index contributed by atoms with van der Waals surface area (Å²) >= 11 is 0. The Morgan fingerprint density at radius 3 is 2.63 bits per heavy atom. The van der Waals surface area contributed by atoms with Crippen LogP contribution in [0.25, 0.3) is 11.3 Å². The zero-order valence-corrected chi connectivity index (χ0v) is 10.7. The van der Waals surface area contributed by atoms with Gasteiger partial charge in [0.1, 0.15) is 0 Å². The molecule has 0 spiro atoms. The van der Waals surface area contributed by atoms with Gasteiger partial charge >= 0.3 is 0 Å². The molecule has 0 radical (unpaired) electrons. The van der Waals surface area contributed by atoms with Crippen LogP contribution in [-0.4, -0.2) is 14.5 Å². The number of imidazole rings is 1. The number of hydrogen-bond donors (Lipinski definition) is 1. The number of nitro benzene ring substituents is 1. The lowest BCUT2D eigenvalue weighted by Crippen LogP contribution is -2.05. The number of nitrogens with zero attached hydrogens (tertiary/aromatic N) is 3. The topological polar surface area (TPSA) is 87.0 Å². The average molecular weight is 260 g/mol. The summed E-state index contributed by atoms with van der Waals surface area (Å²) in [7, 11) is 0. The lowest BCUT2D eigenvalue weighted by Gasteiger charge is -2.09. The number of non-ortho nitro benzene ring substituents is 1. The molecule has 1 aromatic carbocycles. The minimum absolute atomic E-state index is 0.0799. The number of nitrogens with two attached hydrogens (primary N) is 1. The lowest BCUT2D eigenvalue weighted by molar-refractivity contribution is -0.384. The summed E-state index contributed by atoms with van der Waals surface area (Å²) in [5.41, 5.74) is 7.69. The van der Waals surface area contributed by atoms with Gasteiger partial charge in [0.25, 0.3) is 5.69 Å². The molecule has 6 heteroatoms. The fraction of sp³-hybridized carbons (Fsp3) is 0.308. The van der Waals surface area contributed by atoms with Gasteiger partial charge in [0.15, 0.2) is 0 Å². The molecular weight excluding hydrogens is 244 g/mol. The number of nitrogen functional groups attached to an aromatic ring is 1. The molecule has 0 atom stereocenters. The van der Waals surface area contributed by atoms with E-state index in [1.807, 2.05) is 4.57 Å². The number of unbranched alkanes of at least 4 members (excludes halogenated alkanes) is 1. The molecule has 0 saturated carbocycles. The Kier molecular flexibility index (Phi) is 3.79. The van der Waals surface area contributed by atoms with Crippen molar-refractivity contribution in [2.24, 2.45) is 0 Å². The van der Waals surface area contributed by atoms with Crippen LogP contribution in [0.5, 0.6) is 0 Å². The Bertz CT molecular complexity index is 575. The average Bonchev–Trinajstić information content (AvgIpc) is 2.78. The molecule has 0 amide bonds. The Morgan fingerprint density at radius 1 is 1.37 bits per heavy atom. The Labute approximate surface area is 111 Å². The van der Waals surface area contributed by atoms with Gasteiger partial charge < -0.3 is 10.3 Å². The molecule has 2 rings (SSSR count). The lowest BCUT2D eigenvalue weighted by atomic mass is 10.1. The molecule has 0 saturated heterocycles. The van der Waals surface area contributed by atoms with Crippen LogP contribution in [0.1, 0.15) is 19.8 Å². The van der Waals surface area contributed by atoms with Gasteiger partial charge in [-0.15, -0.1) is 0 Å². The second-order valence-electron chi connectivity index (χ2n) is 4.31. The summed E-state index contributed by atoms with van der Waals surface area (Å²) in [5, 5.41) is 10.6. The van der Waals surface area contributed by atoms with Crippen molar-refractivity contribution in [2.45, 2.75) is 26.3 Å². The normalized spacial score (nSPS) is 10.6. The summed E-state index contributed by atoms with van der Waals surface area (Å²) in [6.07, 6.45) is 3.78. The second-order valence-corrected chi connectivity index (χ2v) is 4.31. The van der Waals surface area contributed by atoms with Crippen molar-refractivity contribution in [2.75, 3.05) is 5.73 Å². The van der Waals surface area contributed by atoms with E-state index >= 15 is 0 Å². The first-order chi connectivity index (χ1) is 9.13. The SMILES string of the molecule is CCCCn1c(-c2ccc([N+](=O)[O-])cc2)cnc1N. The fourth-order valence-corrected chi connectivity index (χ4v) is 1.93. The number of rotatable bonds is 5. The highest BCUT2D eigenvalue weighted by Crippen LogP contribution is 2.24. The fourth-order valence-electron chi connectivity index (χ4n) is 1.93. The van der Waals surface area contributed by atoms with Gasteiger partial charge in [-0.2, -0.15) is 0 Å². The third-order valence-electron chi connectivity index (χ3n) is 3.00. The van der Waals surface area contributed by atoms with E-state index in [0.29, 0.717) is 5.95 Å². The molecule has 2 N–H and O–H groups in total. The summed E-state index contributed by atoms with van der Waals surface area (Å²) < 4.78 is 1.94. The van der Waals surface area contributed by atoms with Gasteiger partial charge in [-0.3, -0.25) is 10.1 Å². The van der Waals surface area contributed by atoms with E-state index in [9.17, 15) is 10.1 Å². The Balaban J connectivity index is 2.33. The van der Waals surface area contributed by atoms with Crippen LogP contribution in [0.4, 0.5) is 11.6 Å². The van der Waals surface area contributed by atoms with Gasteiger partial charge in [-0.05, 0) is 18.6 Å². The third kappa shape index (κ3) is 2.73. The first-order valence-electron chi connectivity index (χ1n) is 6.19. The van der Waals surface area contributed by atoms with Crippen LogP contribution in [0, 0.1) is 10.1 Å². The second kappa shape index (κ2) is 5.51. The summed E-state index contributed by atoms with van der Waals surface area (Å²) in [6.45, 7) is 2.91. The van der Waals surface area contributed by atoms with Crippen molar-refractivity contribution < 1.29 is 4.92 Å². The van der Waals surface area contributed by atoms with Crippen LogP contribution in [0.3, 0.4) is 0 Å². The van der Waals surface area contributed by atoms with Crippen molar-refractivity contribution >= 4 is 11.6 Å². The monoisotopic (exact) mass is 260 g/mol. The predicted octanol–water partition coefficient (Wildman–Crippen LogP) is 2.84. The van der Waals surface area contributed by atoms with Crippen molar-refractivity contribution in [3.05, 3.63) is 40.6 Å². The van der Waals surface area contributed by atoms with E-state index < -0.39 is 4.92 Å². The summed E-state index contributed by atoms with van der Waals surface area (Å²) in [5.74, 6) is 0.474. The zero-order valence-electron chi connectivity index (χ0n) is 10.7. The summed E-state index contributed by atoms with van der Waals surface area (Å²) in [4.78, 5) is 14.3. The number of aromatic nitrogens is 2. The molecule has 0 unspecified atom stereocenters. The van der Waals surface area contributed by atoms with Gasteiger partial charge in [-0.25, -0.2) is 4.98 Å². The maximum Gasteiger partial charge on any atom is 0.269 e. The molecule has 1 aromatic heterocycles. The highest BCUT2D eigenvalue weighted by Gasteiger charge is 2.11. The molecule has 19 heavy (non-hydrogen) atoms. The molecule has 6 nitrogen and oxygen atoms in total. The quantitative estimate of drug-likeness (QED) is 0.661. The number of anilines is 1. The number of nitro groups is 1. The molecule has 0 aliphatic heterocycles. The van der Waals surface area contributed by atoms with E-state index in [0.717, 1.165) is 30.6 Å². The molecule has 2 aromatic rings. The largest absolute Gasteiger partial charge is 0.369 e. The van der Waals surface area contributed by atoms with Crippen LogP contribution >= 0.6 is 0 Å². The molecular formula is C13H16N4O2. The van der Waals surface area contributed by atoms with Crippen molar-refractivity contribution in [1.82, 2.24) is 9.55 Å². The van der Waals surface area contributed by atoms with Crippen molar-refractivity contribution in [3.63, 3.8) is 0 Å². The molecule has 100 valence electrons. The minimum Gasteiger partial charge on any atom is -0.369 e. The smallest absolute Gasteiger partial charge is 0.269 e. The predicted molar refractivity (Wildman–Crippen MR) is 73.6 cm³/mol. The molecule has 0 aliphatic rings. The molecule has 0 bridgehead atoms. The first kappa shape index (κ1) is 13.1. The van der Waals surface area contributed by atoms with E-state index in [-0.39, 0.29) is 5.69 Å². The van der Waals surface area contributed by atoms with Crippen molar-refractivity contribution in [3.8, 4) is 11.3 Å². The number of hydrogen-bond acceptors (Lipinski definition) is 4. The molecule has 1 heterocycles. The number of benzene rings is 1. The maximum absolute atomic E-state index is 10.6.